The summed E-state index contributed by atoms with van der Waals surface area (Å²) in [4.78, 5) is 13.1. The van der Waals surface area contributed by atoms with Crippen molar-refractivity contribution in [2.24, 2.45) is 16.7 Å². The number of Topliss-reactive ketones (excluding diaryl/α,β-unsaturated/α-hetero) is 1. The summed E-state index contributed by atoms with van der Waals surface area (Å²) in [5.74, 6) is 0.820. The van der Waals surface area contributed by atoms with Gasteiger partial charge in [-0.15, -0.1) is 0 Å². The van der Waals surface area contributed by atoms with E-state index in [0.717, 1.165) is 25.7 Å². The minimum absolute atomic E-state index is 0.0962. The molecule has 0 N–H and O–H groups in total. The second kappa shape index (κ2) is 6.17. The fourth-order valence-electron chi connectivity index (χ4n) is 4.43. The summed E-state index contributed by atoms with van der Waals surface area (Å²) in [6, 6.07) is 0. The highest BCUT2D eigenvalue weighted by Crippen LogP contribution is 2.58. The molecule has 1 saturated carbocycles. The fraction of sp³-hybridized carbons (Fsp3) is 0.944. The molecule has 2 nitrogen and oxygen atoms in total. The molecule has 0 radical (unpaired) electrons. The smallest absolute Gasteiger partial charge is 0.165 e. The van der Waals surface area contributed by atoms with E-state index in [0.29, 0.717) is 18.1 Å². The molecule has 1 fully saturated rings. The lowest BCUT2D eigenvalue weighted by Gasteiger charge is -2.60. The molecule has 2 atom stereocenters. The van der Waals surface area contributed by atoms with Crippen molar-refractivity contribution in [3.8, 4) is 0 Å². The lowest BCUT2D eigenvalue weighted by Crippen LogP contribution is -2.66. The van der Waals surface area contributed by atoms with E-state index in [1.165, 1.54) is 6.42 Å². The van der Waals surface area contributed by atoms with E-state index in [1.54, 1.807) is 7.11 Å². The molecule has 0 aromatic carbocycles. The van der Waals surface area contributed by atoms with Gasteiger partial charge in [0.1, 0.15) is 5.60 Å². The van der Waals surface area contributed by atoms with Crippen molar-refractivity contribution in [3.63, 3.8) is 0 Å². The fourth-order valence-corrected chi connectivity index (χ4v) is 4.43. The maximum atomic E-state index is 13.1. The normalized spacial score (nSPS) is 32.0. The van der Waals surface area contributed by atoms with Crippen LogP contribution >= 0.6 is 0 Å². The summed E-state index contributed by atoms with van der Waals surface area (Å²) in [6.45, 7) is 13.3. The molecular weight excluding hydrogens is 248 g/mol. The van der Waals surface area contributed by atoms with Crippen molar-refractivity contribution in [2.75, 3.05) is 7.11 Å². The standard InChI is InChI=1S/C18H34O2/c1-8-9-10-11-15(19)18(20-7)16(3,4)13-12-14(2)17(18,5)6/h14H,8-13H2,1-7H3. The van der Waals surface area contributed by atoms with Crippen LogP contribution in [0.3, 0.4) is 0 Å². The van der Waals surface area contributed by atoms with E-state index in [9.17, 15) is 4.79 Å². The second-order valence-electron chi connectivity index (χ2n) is 7.81. The zero-order valence-electron chi connectivity index (χ0n) is 14.6. The first-order valence-electron chi connectivity index (χ1n) is 8.25. The molecule has 0 saturated heterocycles. The van der Waals surface area contributed by atoms with Gasteiger partial charge in [0.2, 0.25) is 0 Å². The van der Waals surface area contributed by atoms with Crippen LogP contribution in [0.25, 0.3) is 0 Å². The first-order chi connectivity index (χ1) is 9.17. The summed E-state index contributed by atoms with van der Waals surface area (Å²) in [5, 5.41) is 0. The van der Waals surface area contributed by atoms with Gasteiger partial charge in [0.05, 0.1) is 0 Å². The molecule has 1 rings (SSSR count). The topological polar surface area (TPSA) is 26.3 Å². The quantitative estimate of drug-likeness (QED) is 0.641. The number of rotatable bonds is 6. The third-order valence-corrected chi connectivity index (χ3v) is 6.00. The van der Waals surface area contributed by atoms with Gasteiger partial charge in [-0.05, 0) is 25.2 Å². The Morgan fingerprint density at radius 2 is 1.80 bits per heavy atom. The predicted molar refractivity (Wildman–Crippen MR) is 84.8 cm³/mol. The van der Waals surface area contributed by atoms with E-state index < -0.39 is 5.60 Å². The zero-order valence-corrected chi connectivity index (χ0v) is 14.6. The number of hydrogen-bond acceptors (Lipinski definition) is 2. The van der Waals surface area contributed by atoms with Crippen LogP contribution in [0.5, 0.6) is 0 Å². The molecule has 2 heteroatoms. The predicted octanol–water partition coefficient (Wildman–Crippen LogP) is 5.00. The van der Waals surface area contributed by atoms with Crippen molar-refractivity contribution >= 4 is 5.78 Å². The summed E-state index contributed by atoms with van der Waals surface area (Å²) >= 11 is 0. The van der Waals surface area contributed by atoms with Crippen LogP contribution in [0.15, 0.2) is 0 Å². The number of unbranched alkanes of at least 4 members (excludes halogenated alkanes) is 2. The van der Waals surface area contributed by atoms with Gasteiger partial charge in [-0.2, -0.15) is 0 Å². The largest absolute Gasteiger partial charge is 0.369 e. The first-order valence-corrected chi connectivity index (χ1v) is 8.25. The number of ether oxygens (including phenoxy) is 1. The Hall–Kier alpha value is -0.370. The summed E-state index contributed by atoms with van der Waals surface area (Å²) in [6.07, 6.45) is 6.15. The molecule has 0 bridgehead atoms. The summed E-state index contributed by atoms with van der Waals surface area (Å²) < 4.78 is 6.02. The van der Waals surface area contributed by atoms with Crippen molar-refractivity contribution in [3.05, 3.63) is 0 Å². The number of ketones is 1. The Kier molecular flexibility index (Phi) is 5.46. The molecule has 2 unspecified atom stereocenters. The molecule has 1 aliphatic rings. The Morgan fingerprint density at radius 3 is 2.30 bits per heavy atom. The average molecular weight is 282 g/mol. The lowest BCUT2D eigenvalue weighted by molar-refractivity contribution is -0.213. The summed E-state index contributed by atoms with van der Waals surface area (Å²) in [5.41, 5.74) is -0.862. The van der Waals surface area contributed by atoms with E-state index in [1.807, 2.05) is 0 Å². The van der Waals surface area contributed by atoms with Crippen LogP contribution in [0, 0.1) is 16.7 Å². The SMILES string of the molecule is CCCCCC(=O)C1(OC)C(C)(C)CCC(C)C1(C)C. The van der Waals surface area contributed by atoms with E-state index >= 15 is 0 Å². The van der Waals surface area contributed by atoms with Crippen LogP contribution in [0.1, 0.15) is 80.1 Å². The van der Waals surface area contributed by atoms with Crippen molar-refractivity contribution in [1.29, 1.82) is 0 Å². The number of methoxy groups -OCH3 is 1. The van der Waals surface area contributed by atoms with Gasteiger partial charge < -0.3 is 4.74 Å². The highest BCUT2D eigenvalue weighted by Gasteiger charge is 2.63. The minimum atomic E-state index is -0.647. The monoisotopic (exact) mass is 282 g/mol. The van der Waals surface area contributed by atoms with Crippen molar-refractivity contribution in [2.45, 2.75) is 85.7 Å². The van der Waals surface area contributed by atoms with Crippen molar-refractivity contribution in [1.82, 2.24) is 0 Å². The molecule has 0 spiro atoms. The molecular formula is C18H34O2. The molecule has 118 valence electrons. The van der Waals surface area contributed by atoms with E-state index in [-0.39, 0.29) is 10.8 Å². The Labute approximate surface area is 125 Å². The molecule has 0 amide bonds. The maximum absolute atomic E-state index is 13.1. The molecule has 20 heavy (non-hydrogen) atoms. The third kappa shape index (κ3) is 2.56. The summed E-state index contributed by atoms with van der Waals surface area (Å²) in [7, 11) is 1.74. The number of hydrogen-bond donors (Lipinski definition) is 0. The van der Waals surface area contributed by atoms with Gasteiger partial charge in [0, 0.05) is 24.4 Å². The van der Waals surface area contributed by atoms with E-state index in [4.69, 9.17) is 4.74 Å². The molecule has 0 aromatic heterocycles. The molecule has 0 heterocycles. The average Bonchev–Trinajstić information content (AvgIpc) is 2.35. The van der Waals surface area contributed by atoms with Crippen molar-refractivity contribution < 1.29 is 9.53 Å². The number of carbonyl (C=O) groups excluding carboxylic acids is 1. The highest BCUT2D eigenvalue weighted by atomic mass is 16.5. The number of carbonyl (C=O) groups is 1. The second-order valence-corrected chi connectivity index (χ2v) is 7.81. The van der Waals surface area contributed by atoms with E-state index in [2.05, 4.69) is 41.5 Å². The Morgan fingerprint density at radius 1 is 1.20 bits per heavy atom. The van der Waals surface area contributed by atoms with Crippen LogP contribution in [0.2, 0.25) is 0 Å². The van der Waals surface area contributed by atoms with Crippen LogP contribution < -0.4 is 0 Å². The Bertz CT molecular complexity index is 343. The molecule has 0 aromatic rings. The first kappa shape index (κ1) is 17.7. The third-order valence-electron chi connectivity index (χ3n) is 6.00. The van der Waals surface area contributed by atoms with Gasteiger partial charge in [-0.1, -0.05) is 54.4 Å². The van der Waals surface area contributed by atoms with Gasteiger partial charge in [0.15, 0.2) is 5.78 Å². The molecule has 0 aliphatic heterocycles. The minimum Gasteiger partial charge on any atom is -0.369 e. The maximum Gasteiger partial charge on any atom is 0.165 e. The van der Waals surface area contributed by atoms with Gasteiger partial charge in [0.25, 0.3) is 0 Å². The lowest BCUT2D eigenvalue weighted by atomic mass is 9.48. The zero-order chi connectivity index (χ0) is 15.6. The van der Waals surface area contributed by atoms with Gasteiger partial charge >= 0.3 is 0 Å². The van der Waals surface area contributed by atoms with Crippen LogP contribution in [-0.2, 0) is 9.53 Å². The molecule has 1 aliphatic carbocycles. The van der Waals surface area contributed by atoms with Gasteiger partial charge in [-0.25, -0.2) is 0 Å². The van der Waals surface area contributed by atoms with Crippen LogP contribution in [-0.4, -0.2) is 18.5 Å². The Balaban J connectivity index is 3.15. The van der Waals surface area contributed by atoms with Gasteiger partial charge in [-0.3, -0.25) is 4.79 Å². The van der Waals surface area contributed by atoms with Crippen LogP contribution in [0.4, 0.5) is 0 Å². The highest BCUT2D eigenvalue weighted by molar-refractivity contribution is 5.89.